The average molecular weight is 267 g/mol. The first kappa shape index (κ1) is 9.98. The monoisotopic (exact) mass is 266 g/mol. The molecule has 4 heteroatoms. The van der Waals surface area contributed by atoms with E-state index in [1.54, 1.807) is 6.07 Å². The highest BCUT2D eigenvalue weighted by Crippen LogP contribution is 2.31. The van der Waals surface area contributed by atoms with Gasteiger partial charge in [-0.25, -0.2) is 4.79 Å². The molecule has 0 unspecified atom stereocenters. The second-order valence-corrected chi connectivity index (χ2v) is 3.80. The molecule has 15 heavy (non-hydrogen) atoms. The van der Waals surface area contributed by atoms with Crippen LogP contribution in [0.25, 0.3) is 11.1 Å². The number of carboxylic acids is 1. The summed E-state index contributed by atoms with van der Waals surface area (Å²) in [5.74, 6) is -1.10. The Morgan fingerprint density at radius 2 is 1.93 bits per heavy atom. The van der Waals surface area contributed by atoms with Gasteiger partial charge < -0.3 is 9.52 Å². The number of carboxylic acid groups (broad SMARTS) is 1. The highest BCUT2D eigenvalue weighted by Gasteiger charge is 2.16. The van der Waals surface area contributed by atoms with E-state index >= 15 is 0 Å². The lowest BCUT2D eigenvalue weighted by Crippen LogP contribution is -1.95. The first-order valence-corrected chi connectivity index (χ1v) is 5.05. The Balaban J connectivity index is 2.59. The van der Waals surface area contributed by atoms with Crippen LogP contribution in [-0.2, 0) is 0 Å². The molecule has 0 atom stereocenters. The van der Waals surface area contributed by atoms with Gasteiger partial charge in [-0.3, -0.25) is 0 Å². The van der Waals surface area contributed by atoms with E-state index in [4.69, 9.17) is 9.52 Å². The lowest BCUT2D eigenvalue weighted by Gasteiger charge is -2.01. The summed E-state index contributed by atoms with van der Waals surface area (Å²) in [7, 11) is 0. The zero-order valence-corrected chi connectivity index (χ0v) is 9.19. The van der Waals surface area contributed by atoms with Gasteiger partial charge in [0, 0.05) is 10.0 Å². The molecule has 76 valence electrons. The molecule has 1 aromatic heterocycles. The lowest BCUT2D eigenvalue weighted by molar-refractivity contribution is 0.0663. The summed E-state index contributed by atoms with van der Waals surface area (Å²) in [6.45, 7) is 0. The lowest BCUT2D eigenvalue weighted by atomic mass is 10.1. The molecule has 2 rings (SSSR count). The highest BCUT2D eigenvalue weighted by atomic mass is 79.9. The van der Waals surface area contributed by atoms with Crippen LogP contribution in [0, 0.1) is 0 Å². The fourth-order valence-electron chi connectivity index (χ4n) is 1.37. The van der Waals surface area contributed by atoms with E-state index in [-0.39, 0.29) is 5.76 Å². The summed E-state index contributed by atoms with van der Waals surface area (Å²) in [5.41, 5.74) is 1.39. The summed E-state index contributed by atoms with van der Waals surface area (Å²) in [4.78, 5) is 10.9. The summed E-state index contributed by atoms with van der Waals surface area (Å²) < 4.78 is 5.76. The Bertz CT molecular complexity index is 502. The molecule has 0 aliphatic carbocycles. The maximum atomic E-state index is 10.9. The van der Waals surface area contributed by atoms with Gasteiger partial charge in [0.15, 0.2) is 0 Å². The van der Waals surface area contributed by atoms with Crippen molar-refractivity contribution in [2.75, 3.05) is 0 Å². The largest absolute Gasteiger partial charge is 0.475 e. The molecule has 0 radical (unpaired) electrons. The van der Waals surface area contributed by atoms with E-state index in [9.17, 15) is 4.79 Å². The number of aromatic carboxylic acids is 1. The average Bonchev–Trinajstić information content (AvgIpc) is 2.67. The second kappa shape index (κ2) is 3.90. The van der Waals surface area contributed by atoms with Gasteiger partial charge in [0.1, 0.15) is 0 Å². The Morgan fingerprint density at radius 3 is 2.60 bits per heavy atom. The highest BCUT2D eigenvalue weighted by molar-refractivity contribution is 9.10. The topological polar surface area (TPSA) is 50.4 Å². The zero-order chi connectivity index (χ0) is 10.8. The van der Waals surface area contributed by atoms with Crippen LogP contribution in [0.4, 0.5) is 0 Å². The molecular weight excluding hydrogens is 260 g/mol. The van der Waals surface area contributed by atoms with Crippen molar-refractivity contribution in [2.45, 2.75) is 0 Å². The summed E-state index contributed by atoms with van der Waals surface area (Å²) in [6.07, 6.45) is 1.37. The van der Waals surface area contributed by atoms with Crippen LogP contribution in [0.3, 0.4) is 0 Å². The van der Waals surface area contributed by atoms with Gasteiger partial charge in [-0.15, -0.1) is 0 Å². The number of rotatable bonds is 2. The van der Waals surface area contributed by atoms with Crippen molar-refractivity contribution < 1.29 is 14.3 Å². The molecule has 2 aromatic rings. The molecule has 0 aliphatic heterocycles. The van der Waals surface area contributed by atoms with E-state index in [1.807, 2.05) is 24.3 Å². The van der Waals surface area contributed by atoms with Crippen molar-refractivity contribution in [2.24, 2.45) is 0 Å². The maximum absolute atomic E-state index is 10.9. The first-order chi connectivity index (χ1) is 7.20. The number of hydrogen-bond acceptors (Lipinski definition) is 2. The molecule has 1 heterocycles. The van der Waals surface area contributed by atoms with Gasteiger partial charge in [-0.05, 0) is 17.7 Å². The third-order valence-corrected chi connectivity index (χ3v) is 2.71. The van der Waals surface area contributed by atoms with Crippen LogP contribution >= 0.6 is 15.9 Å². The Labute approximate surface area is 94.5 Å². The molecule has 0 saturated carbocycles. The SMILES string of the molecule is O=C(O)c1occc1-c1ccccc1Br. The van der Waals surface area contributed by atoms with Crippen LogP contribution < -0.4 is 0 Å². The van der Waals surface area contributed by atoms with Crippen LogP contribution in [-0.4, -0.2) is 11.1 Å². The molecular formula is C11H7BrO3. The minimum absolute atomic E-state index is 0.0399. The Kier molecular flexibility index (Phi) is 2.60. The van der Waals surface area contributed by atoms with Gasteiger partial charge >= 0.3 is 5.97 Å². The Morgan fingerprint density at radius 1 is 1.20 bits per heavy atom. The van der Waals surface area contributed by atoms with Gasteiger partial charge in [0.05, 0.1) is 6.26 Å². The minimum Gasteiger partial charge on any atom is -0.475 e. The van der Waals surface area contributed by atoms with Crippen LogP contribution in [0.1, 0.15) is 10.6 Å². The number of halogens is 1. The smallest absolute Gasteiger partial charge is 0.372 e. The minimum atomic E-state index is -1.06. The molecule has 1 aromatic carbocycles. The third kappa shape index (κ3) is 1.80. The van der Waals surface area contributed by atoms with E-state index in [0.29, 0.717) is 5.56 Å². The summed E-state index contributed by atoms with van der Waals surface area (Å²) >= 11 is 3.37. The van der Waals surface area contributed by atoms with Gasteiger partial charge in [0.25, 0.3) is 0 Å². The summed E-state index contributed by atoms with van der Waals surface area (Å²) in [5, 5.41) is 8.90. The standard InChI is InChI=1S/C11H7BrO3/c12-9-4-2-1-3-7(9)8-5-6-15-10(8)11(13)14/h1-6H,(H,13,14). The fraction of sp³-hybridized carbons (Fsp3) is 0. The van der Waals surface area contributed by atoms with E-state index < -0.39 is 5.97 Å². The fourth-order valence-corrected chi connectivity index (χ4v) is 1.86. The van der Waals surface area contributed by atoms with E-state index in [0.717, 1.165) is 10.0 Å². The van der Waals surface area contributed by atoms with Crippen molar-refractivity contribution in [3.8, 4) is 11.1 Å². The van der Waals surface area contributed by atoms with Crippen LogP contribution in [0.2, 0.25) is 0 Å². The van der Waals surface area contributed by atoms with Crippen molar-refractivity contribution in [1.29, 1.82) is 0 Å². The molecule has 0 amide bonds. The number of carbonyl (C=O) groups is 1. The molecule has 0 fully saturated rings. The predicted molar refractivity (Wildman–Crippen MR) is 58.8 cm³/mol. The Hall–Kier alpha value is -1.55. The number of hydrogen-bond donors (Lipinski definition) is 1. The normalized spacial score (nSPS) is 10.2. The molecule has 0 saturated heterocycles. The van der Waals surface area contributed by atoms with Gasteiger partial charge in [-0.2, -0.15) is 0 Å². The third-order valence-electron chi connectivity index (χ3n) is 2.02. The van der Waals surface area contributed by atoms with Gasteiger partial charge in [-0.1, -0.05) is 34.1 Å². The van der Waals surface area contributed by atoms with Gasteiger partial charge in [0.2, 0.25) is 5.76 Å². The van der Waals surface area contributed by atoms with E-state index in [2.05, 4.69) is 15.9 Å². The van der Waals surface area contributed by atoms with Crippen molar-refractivity contribution in [3.63, 3.8) is 0 Å². The van der Waals surface area contributed by atoms with Crippen molar-refractivity contribution >= 4 is 21.9 Å². The molecule has 1 N–H and O–H groups in total. The molecule has 0 bridgehead atoms. The van der Waals surface area contributed by atoms with Crippen molar-refractivity contribution in [1.82, 2.24) is 0 Å². The maximum Gasteiger partial charge on any atom is 0.372 e. The quantitative estimate of drug-likeness (QED) is 0.907. The van der Waals surface area contributed by atoms with Crippen LogP contribution in [0.15, 0.2) is 45.5 Å². The molecule has 3 nitrogen and oxygen atoms in total. The second-order valence-electron chi connectivity index (χ2n) is 2.95. The summed E-state index contributed by atoms with van der Waals surface area (Å²) in [6, 6.07) is 9.05. The first-order valence-electron chi connectivity index (χ1n) is 4.26. The predicted octanol–water partition coefficient (Wildman–Crippen LogP) is 3.41. The number of benzene rings is 1. The van der Waals surface area contributed by atoms with E-state index in [1.165, 1.54) is 6.26 Å². The number of furan rings is 1. The molecule has 0 spiro atoms. The van der Waals surface area contributed by atoms with Crippen molar-refractivity contribution in [3.05, 3.63) is 46.8 Å². The zero-order valence-electron chi connectivity index (χ0n) is 7.61. The van der Waals surface area contributed by atoms with Crippen LogP contribution in [0.5, 0.6) is 0 Å². The molecule has 0 aliphatic rings.